The summed E-state index contributed by atoms with van der Waals surface area (Å²) >= 11 is 0. The van der Waals surface area contributed by atoms with Gasteiger partial charge in [0.15, 0.2) is 0 Å². The molecule has 0 fully saturated rings. The maximum Gasteiger partial charge on any atom is 0.241 e. The SMILES string of the molecule is COc1ccc(C)cc1NC(=O)[C@H](N)CC(C)C. The molecule has 0 aromatic heterocycles. The zero-order valence-electron chi connectivity index (χ0n) is 11.5. The first-order valence-corrected chi connectivity index (χ1v) is 6.15. The molecule has 4 heteroatoms. The van der Waals surface area contributed by atoms with E-state index in [0.29, 0.717) is 23.8 Å². The van der Waals surface area contributed by atoms with Crippen LogP contribution < -0.4 is 15.8 Å². The van der Waals surface area contributed by atoms with E-state index >= 15 is 0 Å². The van der Waals surface area contributed by atoms with Gasteiger partial charge in [-0.05, 0) is 37.0 Å². The minimum absolute atomic E-state index is 0.174. The van der Waals surface area contributed by atoms with Gasteiger partial charge in [0.2, 0.25) is 5.91 Å². The molecule has 0 bridgehead atoms. The fourth-order valence-electron chi connectivity index (χ4n) is 1.76. The molecule has 1 rings (SSSR count). The summed E-state index contributed by atoms with van der Waals surface area (Å²) in [5, 5.41) is 2.82. The predicted molar refractivity (Wildman–Crippen MR) is 73.8 cm³/mol. The van der Waals surface area contributed by atoms with Gasteiger partial charge in [-0.25, -0.2) is 0 Å². The van der Waals surface area contributed by atoms with Crippen LogP contribution in [0.4, 0.5) is 5.69 Å². The maximum absolute atomic E-state index is 11.9. The van der Waals surface area contributed by atoms with Crippen molar-refractivity contribution in [3.63, 3.8) is 0 Å². The molecule has 100 valence electrons. The lowest BCUT2D eigenvalue weighted by Crippen LogP contribution is -2.36. The third kappa shape index (κ3) is 4.04. The van der Waals surface area contributed by atoms with Gasteiger partial charge in [0.05, 0.1) is 18.8 Å². The van der Waals surface area contributed by atoms with Crippen molar-refractivity contribution >= 4 is 11.6 Å². The molecular weight excluding hydrogens is 228 g/mol. The van der Waals surface area contributed by atoms with Gasteiger partial charge in [-0.15, -0.1) is 0 Å². The number of carbonyl (C=O) groups is 1. The Balaban J connectivity index is 2.77. The van der Waals surface area contributed by atoms with Crippen LogP contribution in [0.1, 0.15) is 25.8 Å². The summed E-state index contributed by atoms with van der Waals surface area (Å²) in [6.07, 6.45) is 0.667. The lowest BCUT2D eigenvalue weighted by atomic mass is 10.0. The second-order valence-corrected chi connectivity index (χ2v) is 4.93. The second-order valence-electron chi connectivity index (χ2n) is 4.93. The normalized spacial score (nSPS) is 12.3. The average Bonchev–Trinajstić information content (AvgIpc) is 2.28. The summed E-state index contributed by atoms with van der Waals surface area (Å²) in [5.74, 6) is 0.864. The van der Waals surface area contributed by atoms with Gasteiger partial charge in [-0.2, -0.15) is 0 Å². The van der Waals surface area contributed by atoms with Crippen molar-refractivity contribution in [1.29, 1.82) is 0 Å². The third-order valence-corrected chi connectivity index (χ3v) is 2.67. The van der Waals surface area contributed by atoms with Crippen molar-refractivity contribution in [3.05, 3.63) is 23.8 Å². The van der Waals surface area contributed by atoms with Crippen molar-refractivity contribution in [2.75, 3.05) is 12.4 Å². The fourth-order valence-corrected chi connectivity index (χ4v) is 1.76. The summed E-state index contributed by atoms with van der Waals surface area (Å²) in [5.41, 5.74) is 7.57. The van der Waals surface area contributed by atoms with Crippen LogP contribution in [-0.2, 0) is 4.79 Å². The maximum atomic E-state index is 11.9. The minimum atomic E-state index is -0.491. The highest BCUT2D eigenvalue weighted by molar-refractivity contribution is 5.96. The first-order chi connectivity index (χ1) is 8.43. The molecule has 1 amide bonds. The monoisotopic (exact) mass is 250 g/mol. The van der Waals surface area contributed by atoms with Crippen molar-refractivity contribution in [1.82, 2.24) is 0 Å². The molecule has 0 unspecified atom stereocenters. The Morgan fingerprint density at radius 1 is 1.44 bits per heavy atom. The highest BCUT2D eigenvalue weighted by Gasteiger charge is 2.16. The van der Waals surface area contributed by atoms with E-state index in [1.807, 2.05) is 39.0 Å². The molecule has 1 aromatic carbocycles. The molecule has 0 aliphatic rings. The van der Waals surface area contributed by atoms with Gasteiger partial charge >= 0.3 is 0 Å². The number of ether oxygens (including phenoxy) is 1. The van der Waals surface area contributed by atoms with Crippen LogP contribution >= 0.6 is 0 Å². The summed E-state index contributed by atoms with van der Waals surface area (Å²) in [7, 11) is 1.58. The number of aryl methyl sites for hydroxylation is 1. The Labute approximate surface area is 109 Å². The van der Waals surface area contributed by atoms with E-state index in [2.05, 4.69) is 5.32 Å². The highest BCUT2D eigenvalue weighted by atomic mass is 16.5. The molecule has 0 heterocycles. The van der Waals surface area contributed by atoms with E-state index in [4.69, 9.17) is 10.5 Å². The largest absolute Gasteiger partial charge is 0.495 e. The molecular formula is C14H22N2O2. The number of hydrogen-bond donors (Lipinski definition) is 2. The zero-order valence-corrected chi connectivity index (χ0v) is 11.5. The molecule has 1 atom stereocenters. The van der Waals surface area contributed by atoms with Gasteiger partial charge in [0.1, 0.15) is 5.75 Å². The highest BCUT2D eigenvalue weighted by Crippen LogP contribution is 2.25. The Morgan fingerprint density at radius 3 is 2.67 bits per heavy atom. The Hall–Kier alpha value is -1.55. The lowest BCUT2D eigenvalue weighted by Gasteiger charge is -2.16. The van der Waals surface area contributed by atoms with Crippen LogP contribution in [0.25, 0.3) is 0 Å². The van der Waals surface area contributed by atoms with Crippen LogP contribution in [0.3, 0.4) is 0 Å². The molecule has 3 N–H and O–H groups in total. The smallest absolute Gasteiger partial charge is 0.241 e. The number of nitrogens with one attached hydrogen (secondary N) is 1. The molecule has 0 spiro atoms. The number of benzene rings is 1. The van der Waals surface area contributed by atoms with Crippen LogP contribution in [0.5, 0.6) is 5.75 Å². The number of carbonyl (C=O) groups excluding carboxylic acids is 1. The molecule has 4 nitrogen and oxygen atoms in total. The number of amides is 1. The number of anilines is 1. The van der Waals surface area contributed by atoms with Crippen LogP contribution in [0.2, 0.25) is 0 Å². The fraction of sp³-hybridized carbons (Fsp3) is 0.500. The Morgan fingerprint density at radius 2 is 2.11 bits per heavy atom. The number of methoxy groups -OCH3 is 1. The van der Waals surface area contributed by atoms with Crippen LogP contribution in [0, 0.1) is 12.8 Å². The van der Waals surface area contributed by atoms with E-state index in [1.54, 1.807) is 7.11 Å². The van der Waals surface area contributed by atoms with E-state index in [9.17, 15) is 4.79 Å². The van der Waals surface area contributed by atoms with Gasteiger partial charge in [0.25, 0.3) is 0 Å². The quantitative estimate of drug-likeness (QED) is 0.843. The van der Waals surface area contributed by atoms with E-state index in [-0.39, 0.29) is 5.91 Å². The summed E-state index contributed by atoms with van der Waals surface area (Å²) in [6.45, 7) is 6.05. The average molecular weight is 250 g/mol. The van der Waals surface area contributed by atoms with Crippen molar-refractivity contribution in [3.8, 4) is 5.75 Å². The van der Waals surface area contributed by atoms with E-state index in [0.717, 1.165) is 5.56 Å². The molecule has 0 aliphatic carbocycles. The van der Waals surface area contributed by atoms with Crippen molar-refractivity contribution in [2.24, 2.45) is 11.7 Å². The summed E-state index contributed by atoms with van der Waals surface area (Å²) < 4.78 is 5.21. The second kappa shape index (κ2) is 6.40. The lowest BCUT2D eigenvalue weighted by molar-refractivity contribution is -0.117. The first-order valence-electron chi connectivity index (χ1n) is 6.15. The number of hydrogen-bond acceptors (Lipinski definition) is 3. The Kier molecular flexibility index (Phi) is 5.16. The number of rotatable bonds is 5. The third-order valence-electron chi connectivity index (χ3n) is 2.67. The summed E-state index contributed by atoms with van der Waals surface area (Å²) in [6, 6.07) is 5.15. The van der Waals surface area contributed by atoms with E-state index in [1.165, 1.54) is 0 Å². The molecule has 0 saturated heterocycles. The first kappa shape index (κ1) is 14.5. The molecule has 1 aromatic rings. The van der Waals surface area contributed by atoms with Crippen molar-refractivity contribution in [2.45, 2.75) is 33.2 Å². The standard InChI is InChI=1S/C14H22N2O2/c1-9(2)7-11(15)14(17)16-12-8-10(3)5-6-13(12)18-4/h5-6,8-9,11H,7,15H2,1-4H3,(H,16,17)/t11-/m1/s1. The molecule has 0 saturated carbocycles. The molecule has 0 aliphatic heterocycles. The molecule has 0 radical (unpaired) electrons. The molecule has 18 heavy (non-hydrogen) atoms. The van der Waals surface area contributed by atoms with Gasteiger partial charge in [-0.3, -0.25) is 4.79 Å². The Bertz CT molecular complexity index is 416. The van der Waals surface area contributed by atoms with Gasteiger partial charge in [0, 0.05) is 0 Å². The zero-order chi connectivity index (χ0) is 13.7. The van der Waals surface area contributed by atoms with Gasteiger partial charge < -0.3 is 15.8 Å². The van der Waals surface area contributed by atoms with Crippen molar-refractivity contribution < 1.29 is 9.53 Å². The summed E-state index contributed by atoms with van der Waals surface area (Å²) in [4.78, 5) is 11.9. The van der Waals surface area contributed by atoms with Gasteiger partial charge in [-0.1, -0.05) is 19.9 Å². The van der Waals surface area contributed by atoms with Crippen LogP contribution in [0.15, 0.2) is 18.2 Å². The minimum Gasteiger partial charge on any atom is -0.495 e. The number of nitrogens with two attached hydrogens (primary N) is 1. The van der Waals surface area contributed by atoms with Crippen LogP contribution in [-0.4, -0.2) is 19.1 Å². The van der Waals surface area contributed by atoms with E-state index < -0.39 is 6.04 Å². The predicted octanol–water partition coefficient (Wildman–Crippen LogP) is 2.32. The topological polar surface area (TPSA) is 64.3 Å².